The van der Waals surface area contributed by atoms with Crippen LogP contribution in [0.25, 0.3) is 0 Å². The molecule has 0 heterocycles. The van der Waals surface area contributed by atoms with Crippen molar-refractivity contribution >= 4 is 52.5 Å². The summed E-state index contributed by atoms with van der Waals surface area (Å²) in [5.74, 6) is 0.0387. The third-order valence-electron chi connectivity index (χ3n) is 4.84. The summed E-state index contributed by atoms with van der Waals surface area (Å²) in [5, 5.41) is 45.0. The van der Waals surface area contributed by atoms with Crippen molar-refractivity contribution in [3.63, 3.8) is 0 Å². The van der Waals surface area contributed by atoms with E-state index in [9.17, 15) is 10.2 Å². The molecule has 4 rings (SSSR count). The normalized spacial score (nSPS) is 11.6. The first-order valence-electron chi connectivity index (χ1n) is 11.3. The maximum atomic E-state index is 10.1. The Hall–Kier alpha value is -5.29. The van der Waals surface area contributed by atoms with E-state index in [0.717, 1.165) is 0 Å². The van der Waals surface area contributed by atoms with Gasteiger partial charge in [0.25, 0.3) is 0 Å². The van der Waals surface area contributed by atoms with E-state index in [1.807, 2.05) is 60.7 Å². The number of nitrogens with one attached hydrogen (secondary N) is 2. The number of benzene rings is 4. The van der Waals surface area contributed by atoms with Crippen molar-refractivity contribution in [2.24, 2.45) is 30.7 Å². The Morgan fingerprint density at radius 1 is 0.553 bits per heavy atom. The van der Waals surface area contributed by atoms with Gasteiger partial charge in [-0.2, -0.15) is 30.7 Å². The summed E-state index contributed by atoms with van der Waals surface area (Å²) in [7, 11) is 0. The van der Waals surface area contributed by atoms with E-state index < -0.39 is 0 Å². The average molecular weight is 523 g/mol. The van der Waals surface area contributed by atoms with E-state index in [1.54, 1.807) is 24.3 Å². The highest BCUT2D eigenvalue weighted by Gasteiger charge is 2.02. The molecule has 188 valence electrons. The largest absolute Gasteiger partial charge is 0.507 e. The van der Waals surface area contributed by atoms with Gasteiger partial charge in [0.15, 0.2) is 0 Å². The SMILES string of the molecule is Oc1ccc(N=Nc2ccccc2)cc1/C=N/NC(=S)N/N=C/c1cc(N=Nc2ccccc2)ccc1O. The van der Waals surface area contributed by atoms with Gasteiger partial charge in [0.05, 0.1) is 35.2 Å². The van der Waals surface area contributed by atoms with Crippen molar-refractivity contribution < 1.29 is 10.2 Å². The van der Waals surface area contributed by atoms with E-state index in [4.69, 9.17) is 12.2 Å². The number of hydrogen-bond acceptors (Lipinski definition) is 9. The molecule has 4 N–H and O–H groups in total. The minimum Gasteiger partial charge on any atom is -0.507 e. The van der Waals surface area contributed by atoms with Crippen LogP contribution in [0.2, 0.25) is 0 Å². The lowest BCUT2D eigenvalue weighted by molar-refractivity contribution is 0.474. The molecule has 0 unspecified atom stereocenters. The summed E-state index contributed by atoms with van der Waals surface area (Å²) in [6.45, 7) is 0. The molecule has 0 aliphatic carbocycles. The molecule has 4 aromatic rings. The van der Waals surface area contributed by atoms with Crippen LogP contribution in [-0.4, -0.2) is 27.8 Å². The summed E-state index contributed by atoms with van der Waals surface area (Å²) in [5.41, 5.74) is 8.55. The highest BCUT2D eigenvalue weighted by Crippen LogP contribution is 2.25. The molecule has 0 saturated carbocycles. The van der Waals surface area contributed by atoms with Crippen LogP contribution < -0.4 is 10.9 Å². The first-order chi connectivity index (χ1) is 18.6. The number of azo groups is 2. The Bertz CT molecular complexity index is 1390. The van der Waals surface area contributed by atoms with Crippen LogP contribution in [0.1, 0.15) is 11.1 Å². The summed E-state index contributed by atoms with van der Waals surface area (Å²) in [6, 6.07) is 28.2. The molecule has 0 bridgehead atoms. The van der Waals surface area contributed by atoms with Gasteiger partial charge < -0.3 is 10.2 Å². The van der Waals surface area contributed by atoms with Gasteiger partial charge >= 0.3 is 0 Å². The Kier molecular flexibility index (Phi) is 8.92. The van der Waals surface area contributed by atoms with E-state index in [2.05, 4.69) is 41.5 Å². The average Bonchev–Trinajstić information content (AvgIpc) is 2.94. The highest BCUT2D eigenvalue weighted by atomic mass is 32.1. The molecule has 0 aliphatic heterocycles. The van der Waals surface area contributed by atoms with Crippen molar-refractivity contribution in [2.45, 2.75) is 0 Å². The standard InChI is InChI=1S/C27H22N8O2S/c36-25-13-11-23(32-30-21-7-3-1-4-8-21)15-19(25)17-28-34-27(38)35-29-18-20-16-24(12-14-26(20)37)33-31-22-9-5-2-6-10-22/h1-18,36-37H,(H2,34,35,38)/b28-17+,29-18+,32-30?,33-31?. The Morgan fingerprint density at radius 2 is 0.947 bits per heavy atom. The Labute approximate surface area is 223 Å². The molecule has 4 aromatic carbocycles. The second-order valence-electron chi connectivity index (χ2n) is 7.63. The van der Waals surface area contributed by atoms with E-state index >= 15 is 0 Å². The number of rotatable bonds is 8. The summed E-state index contributed by atoms with van der Waals surface area (Å²) in [6.07, 6.45) is 2.78. The van der Waals surface area contributed by atoms with Gasteiger partial charge in [-0.1, -0.05) is 36.4 Å². The molecule has 0 aliphatic rings. The third kappa shape index (κ3) is 7.86. The number of hydrazone groups is 2. The molecule has 0 amide bonds. The molecule has 0 atom stereocenters. The molecule has 11 heteroatoms. The van der Waals surface area contributed by atoms with Gasteiger partial charge in [0.1, 0.15) is 11.5 Å². The van der Waals surface area contributed by atoms with Crippen LogP contribution in [-0.2, 0) is 0 Å². The monoisotopic (exact) mass is 522 g/mol. The maximum Gasteiger partial charge on any atom is 0.207 e. The fourth-order valence-electron chi connectivity index (χ4n) is 2.98. The van der Waals surface area contributed by atoms with Gasteiger partial charge in [0, 0.05) is 11.1 Å². The molecule has 0 spiro atoms. The fraction of sp³-hybridized carbons (Fsp3) is 0. The predicted molar refractivity (Wildman–Crippen MR) is 152 cm³/mol. The molecular formula is C27H22N8O2S. The second kappa shape index (κ2) is 13.1. The minimum absolute atomic E-state index is 0.0193. The van der Waals surface area contributed by atoms with Gasteiger partial charge in [-0.3, -0.25) is 10.9 Å². The van der Waals surface area contributed by atoms with Crippen LogP contribution in [0, 0.1) is 0 Å². The zero-order valence-electron chi connectivity index (χ0n) is 19.9. The molecule has 10 nitrogen and oxygen atoms in total. The predicted octanol–water partition coefficient (Wildman–Crippen LogP) is 6.76. The lowest BCUT2D eigenvalue weighted by Gasteiger charge is -2.03. The van der Waals surface area contributed by atoms with Crippen molar-refractivity contribution in [1.29, 1.82) is 0 Å². The molecule has 38 heavy (non-hydrogen) atoms. The van der Waals surface area contributed by atoms with Crippen LogP contribution in [0.15, 0.2) is 128 Å². The first-order valence-corrected chi connectivity index (χ1v) is 11.7. The first kappa shape index (κ1) is 25.8. The second-order valence-corrected chi connectivity index (χ2v) is 8.03. The van der Waals surface area contributed by atoms with Crippen molar-refractivity contribution in [3.05, 3.63) is 108 Å². The molecule has 0 aromatic heterocycles. The number of phenols is 2. The minimum atomic E-state index is 0.0193. The summed E-state index contributed by atoms with van der Waals surface area (Å²) < 4.78 is 0. The van der Waals surface area contributed by atoms with E-state index in [-0.39, 0.29) is 16.6 Å². The van der Waals surface area contributed by atoms with E-state index in [1.165, 1.54) is 24.6 Å². The van der Waals surface area contributed by atoms with Crippen LogP contribution >= 0.6 is 12.2 Å². The quantitative estimate of drug-likeness (QED) is 0.0876. The van der Waals surface area contributed by atoms with Gasteiger partial charge in [0.2, 0.25) is 5.11 Å². The lowest BCUT2D eigenvalue weighted by Crippen LogP contribution is -2.28. The third-order valence-corrected chi connectivity index (χ3v) is 5.02. The van der Waals surface area contributed by atoms with E-state index in [0.29, 0.717) is 33.9 Å². The smallest absolute Gasteiger partial charge is 0.207 e. The van der Waals surface area contributed by atoms with Crippen LogP contribution in [0.3, 0.4) is 0 Å². The zero-order valence-corrected chi connectivity index (χ0v) is 20.7. The number of thiocarbonyl (C=S) groups is 1. The van der Waals surface area contributed by atoms with Gasteiger partial charge in [-0.15, -0.1) is 0 Å². The van der Waals surface area contributed by atoms with Crippen molar-refractivity contribution in [1.82, 2.24) is 10.9 Å². The Morgan fingerprint density at radius 3 is 1.37 bits per heavy atom. The molecule has 0 fully saturated rings. The van der Waals surface area contributed by atoms with Crippen molar-refractivity contribution in [2.75, 3.05) is 0 Å². The fourth-order valence-corrected chi connectivity index (χ4v) is 3.09. The number of hydrogen-bond donors (Lipinski definition) is 4. The van der Waals surface area contributed by atoms with Crippen molar-refractivity contribution in [3.8, 4) is 11.5 Å². The molecule has 0 radical (unpaired) electrons. The molecule has 0 saturated heterocycles. The van der Waals surface area contributed by atoms with Crippen LogP contribution in [0.4, 0.5) is 22.7 Å². The number of aromatic hydroxyl groups is 2. The number of nitrogens with zero attached hydrogens (tertiary/aromatic N) is 6. The topological polar surface area (TPSA) is 139 Å². The maximum absolute atomic E-state index is 10.1. The van der Waals surface area contributed by atoms with Crippen LogP contribution in [0.5, 0.6) is 11.5 Å². The zero-order chi connectivity index (χ0) is 26.6. The highest BCUT2D eigenvalue weighted by molar-refractivity contribution is 7.80. The lowest BCUT2D eigenvalue weighted by atomic mass is 10.2. The van der Waals surface area contributed by atoms with Gasteiger partial charge in [-0.05, 0) is 72.9 Å². The van der Waals surface area contributed by atoms with Gasteiger partial charge in [-0.25, -0.2) is 0 Å². The summed E-state index contributed by atoms with van der Waals surface area (Å²) in [4.78, 5) is 0. The Balaban J connectivity index is 1.32. The molecular weight excluding hydrogens is 500 g/mol. The summed E-state index contributed by atoms with van der Waals surface area (Å²) >= 11 is 5.15. The number of phenolic OH excluding ortho intramolecular Hbond substituents is 2.